The molecular weight excluding hydrogens is 245 g/mol. The Hall–Kier alpha value is 0.316. The molecule has 0 aliphatic rings. The van der Waals surface area contributed by atoms with Crippen LogP contribution in [0.3, 0.4) is 0 Å². The van der Waals surface area contributed by atoms with E-state index in [1.165, 1.54) is 0 Å². The molecule has 0 aromatic rings. The number of nitrogens with zero attached hydrogens (tertiary/aromatic N) is 1. The summed E-state index contributed by atoms with van der Waals surface area (Å²) >= 11 is 0. The number of allylic oxidation sites excluding steroid dienone is 2. The van der Waals surface area contributed by atoms with Crippen molar-refractivity contribution in [1.82, 2.24) is 0 Å². The van der Waals surface area contributed by atoms with E-state index in [1.807, 2.05) is 6.08 Å². The van der Waals surface area contributed by atoms with Gasteiger partial charge in [0.2, 0.25) is 0 Å². The van der Waals surface area contributed by atoms with Gasteiger partial charge in [0.05, 0.1) is 0 Å². The van der Waals surface area contributed by atoms with E-state index in [0.717, 1.165) is 19.3 Å². The summed E-state index contributed by atoms with van der Waals surface area (Å²) in [6, 6.07) is 0. The first kappa shape index (κ1) is 19.7. The van der Waals surface area contributed by atoms with Crippen LogP contribution in [0.15, 0.2) is 17.1 Å². The molecule has 92 valence electrons. The number of hydrogen-bond donors (Lipinski definition) is 1. The van der Waals surface area contributed by atoms with Crippen LogP contribution in [0.25, 0.3) is 0 Å². The number of carbonyl (C=O) groups is 1. The molecule has 1 N–H and O–H groups in total. The second-order valence-corrected chi connectivity index (χ2v) is 3.57. The smallest absolute Gasteiger partial charge is 0.862 e. The van der Waals surface area contributed by atoms with Crippen molar-refractivity contribution in [3.8, 4) is 0 Å². The van der Waals surface area contributed by atoms with Gasteiger partial charge in [0.15, 0.2) is 0 Å². The standard InChI is InChI=1S/C12H21NO3.K/c1-2-3-4-5-6-8-11(14)13-10-7-9-12(15)16;/h4-5H,2-3,6-10H2,1H3,(H,13,14)(H,15,16);/q;+1/p-1/b5-4+;. The monoisotopic (exact) mass is 265 g/mol. The minimum Gasteiger partial charge on any atom is -0.862 e. The van der Waals surface area contributed by atoms with E-state index >= 15 is 0 Å². The van der Waals surface area contributed by atoms with Gasteiger partial charge in [0.1, 0.15) is 0 Å². The van der Waals surface area contributed by atoms with Gasteiger partial charge in [-0.2, -0.15) is 0 Å². The second-order valence-electron chi connectivity index (χ2n) is 3.57. The average Bonchev–Trinajstić information content (AvgIpc) is 2.24. The molecule has 0 aromatic heterocycles. The summed E-state index contributed by atoms with van der Waals surface area (Å²) in [6.45, 7) is 2.43. The molecule has 0 aromatic carbocycles. The van der Waals surface area contributed by atoms with Crippen molar-refractivity contribution in [1.29, 1.82) is 0 Å². The molecule has 0 fully saturated rings. The largest absolute Gasteiger partial charge is 1.00 e. The fourth-order valence-electron chi connectivity index (χ4n) is 1.12. The number of unbranched alkanes of at least 4 members (excludes halogenated alkanes) is 1. The molecule has 0 spiro atoms. The Morgan fingerprint density at radius 3 is 2.53 bits per heavy atom. The molecule has 5 heteroatoms. The molecule has 17 heavy (non-hydrogen) atoms. The van der Waals surface area contributed by atoms with Crippen LogP contribution in [-0.4, -0.2) is 23.5 Å². The Morgan fingerprint density at radius 1 is 1.29 bits per heavy atom. The van der Waals surface area contributed by atoms with Crippen molar-refractivity contribution < 1.29 is 66.4 Å². The summed E-state index contributed by atoms with van der Waals surface area (Å²) < 4.78 is 0. The Balaban J connectivity index is 0. The molecule has 0 unspecified atom stereocenters. The molecule has 0 bridgehead atoms. The van der Waals surface area contributed by atoms with E-state index in [0.29, 0.717) is 19.4 Å². The van der Waals surface area contributed by atoms with E-state index in [-0.39, 0.29) is 63.7 Å². The van der Waals surface area contributed by atoms with Crippen molar-refractivity contribution in [2.45, 2.75) is 45.4 Å². The van der Waals surface area contributed by atoms with Crippen LogP contribution in [0.1, 0.15) is 45.4 Å². The van der Waals surface area contributed by atoms with Crippen molar-refractivity contribution in [2.75, 3.05) is 6.54 Å². The van der Waals surface area contributed by atoms with Crippen molar-refractivity contribution in [3.63, 3.8) is 0 Å². The van der Waals surface area contributed by atoms with Gasteiger partial charge in [-0.05, 0) is 31.6 Å². The van der Waals surface area contributed by atoms with E-state index in [9.17, 15) is 9.90 Å². The molecule has 0 aliphatic heterocycles. The molecule has 0 heterocycles. The Morgan fingerprint density at radius 2 is 1.94 bits per heavy atom. The Bertz CT molecular complexity index is 252. The summed E-state index contributed by atoms with van der Waals surface area (Å²) in [5.41, 5.74) is 0. The molecule has 0 atom stereocenters. The maximum Gasteiger partial charge on any atom is 1.00 e. The zero-order valence-corrected chi connectivity index (χ0v) is 13.9. The minimum absolute atomic E-state index is 0. The van der Waals surface area contributed by atoms with Crippen molar-refractivity contribution >= 4 is 11.9 Å². The van der Waals surface area contributed by atoms with Crippen LogP contribution in [0.5, 0.6) is 0 Å². The van der Waals surface area contributed by atoms with Crippen molar-refractivity contribution in [2.24, 2.45) is 4.99 Å². The average molecular weight is 265 g/mol. The molecule has 0 saturated heterocycles. The Labute approximate surface area is 146 Å². The van der Waals surface area contributed by atoms with Gasteiger partial charge >= 0.3 is 57.4 Å². The summed E-state index contributed by atoms with van der Waals surface area (Å²) in [6.07, 6.45) is 7.88. The molecule has 0 rings (SSSR count). The predicted molar refractivity (Wildman–Crippen MR) is 62.5 cm³/mol. The zero-order valence-electron chi connectivity index (χ0n) is 10.8. The number of hydrogen-bond acceptors (Lipinski definition) is 3. The first-order chi connectivity index (χ1) is 7.66. The third-order valence-electron chi connectivity index (χ3n) is 1.98. The number of aliphatic carboxylic acids is 1. The summed E-state index contributed by atoms with van der Waals surface area (Å²) in [5.74, 6) is -0.975. The van der Waals surface area contributed by atoms with E-state index in [4.69, 9.17) is 5.11 Å². The summed E-state index contributed by atoms with van der Waals surface area (Å²) in [5, 5.41) is 19.5. The minimum atomic E-state index is -0.842. The SMILES string of the molecule is CCC/C=C/CCC([O-])=NCCCC(=O)O.[K+]. The van der Waals surface area contributed by atoms with Gasteiger partial charge in [-0.1, -0.05) is 25.5 Å². The number of carboxylic acids is 1. The van der Waals surface area contributed by atoms with Crippen LogP contribution < -0.4 is 56.5 Å². The molecule has 0 amide bonds. The van der Waals surface area contributed by atoms with Gasteiger partial charge in [0, 0.05) is 13.0 Å². The fourth-order valence-corrected chi connectivity index (χ4v) is 1.12. The molecule has 0 aliphatic carbocycles. The summed E-state index contributed by atoms with van der Waals surface area (Å²) in [7, 11) is 0. The van der Waals surface area contributed by atoms with Crippen LogP contribution in [0, 0.1) is 0 Å². The topological polar surface area (TPSA) is 72.7 Å². The zero-order chi connectivity index (χ0) is 12.2. The van der Waals surface area contributed by atoms with Gasteiger partial charge in [-0.25, -0.2) is 0 Å². The third-order valence-corrected chi connectivity index (χ3v) is 1.98. The molecular formula is C12H20KNO3. The van der Waals surface area contributed by atoms with E-state index in [2.05, 4.69) is 18.0 Å². The maximum atomic E-state index is 11.2. The number of carboxylic acid groups (broad SMARTS) is 1. The normalized spacial score (nSPS) is 11.5. The first-order valence-electron chi connectivity index (χ1n) is 5.74. The van der Waals surface area contributed by atoms with E-state index < -0.39 is 5.97 Å². The van der Waals surface area contributed by atoms with Gasteiger partial charge in [0.25, 0.3) is 0 Å². The third kappa shape index (κ3) is 16.3. The second kappa shape index (κ2) is 14.4. The number of aliphatic imine (C=N–C) groups is 1. The predicted octanol–water partition coefficient (Wildman–Crippen LogP) is -1.25. The Kier molecular flexibility index (Phi) is 16.6. The van der Waals surface area contributed by atoms with Crippen LogP contribution in [-0.2, 0) is 4.79 Å². The first-order valence-corrected chi connectivity index (χ1v) is 5.74. The number of rotatable bonds is 9. The molecule has 0 saturated carbocycles. The van der Waals surface area contributed by atoms with Gasteiger partial charge in [-0.3, -0.25) is 4.79 Å². The van der Waals surface area contributed by atoms with Crippen LogP contribution in [0.4, 0.5) is 0 Å². The molecule has 0 radical (unpaired) electrons. The quantitative estimate of drug-likeness (QED) is 0.186. The molecule has 4 nitrogen and oxygen atoms in total. The summed E-state index contributed by atoms with van der Waals surface area (Å²) in [4.78, 5) is 14.0. The maximum absolute atomic E-state index is 11.2. The van der Waals surface area contributed by atoms with Gasteiger partial charge < -0.3 is 15.2 Å². The van der Waals surface area contributed by atoms with Crippen molar-refractivity contribution in [3.05, 3.63) is 12.2 Å². The van der Waals surface area contributed by atoms with Gasteiger partial charge in [-0.15, -0.1) is 0 Å². The van der Waals surface area contributed by atoms with E-state index in [1.54, 1.807) is 0 Å². The van der Waals surface area contributed by atoms with Crippen LogP contribution in [0.2, 0.25) is 0 Å². The fraction of sp³-hybridized carbons (Fsp3) is 0.667. The van der Waals surface area contributed by atoms with Crippen LogP contribution >= 0.6 is 0 Å².